The van der Waals surface area contributed by atoms with E-state index in [1.807, 2.05) is 0 Å². The lowest BCUT2D eigenvalue weighted by atomic mass is 9.89. The highest BCUT2D eigenvalue weighted by Gasteiger charge is 2.27. The van der Waals surface area contributed by atoms with Crippen LogP contribution in [0.1, 0.15) is 43.7 Å². The van der Waals surface area contributed by atoms with Crippen molar-refractivity contribution in [3.05, 3.63) is 35.4 Å². The molecule has 1 aliphatic rings. The smallest absolute Gasteiger partial charge is 0.0713 e. The fraction of sp³-hybridized carbons (Fsp3) is 0.625. The van der Waals surface area contributed by atoms with Crippen molar-refractivity contribution in [2.24, 2.45) is 5.41 Å². The SMILES string of the molecule is COCc1ccc(CNCC2(C)CCCC2)cc1. The van der Waals surface area contributed by atoms with Crippen LogP contribution in [0.15, 0.2) is 24.3 Å². The van der Waals surface area contributed by atoms with E-state index in [0.29, 0.717) is 12.0 Å². The highest BCUT2D eigenvalue weighted by molar-refractivity contribution is 5.21. The first-order valence-electron chi connectivity index (χ1n) is 6.99. The maximum absolute atomic E-state index is 5.11. The minimum Gasteiger partial charge on any atom is -0.380 e. The van der Waals surface area contributed by atoms with E-state index in [9.17, 15) is 0 Å². The lowest BCUT2D eigenvalue weighted by Crippen LogP contribution is -2.29. The van der Waals surface area contributed by atoms with Gasteiger partial charge in [0, 0.05) is 20.2 Å². The van der Waals surface area contributed by atoms with Crippen LogP contribution in [-0.4, -0.2) is 13.7 Å². The van der Waals surface area contributed by atoms with Gasteiger partial charge in [0.2, 0.25) is 0 Å². The Hall–Kier alpha value is -0.860. The zero-order chi connectivity index (χ0) is 12.8. The molecule has 0 aliphatic heterocycles. The molecule has 2 nitrogen and oxygen atoms in total. The maximum Gasteiger partial charge on any atom is 0.0713 e. The Morgan fingerprint density at radius 3 is 2.33 bits per heavy atom. The van der Waals surface area contributed by atoms with Crippen molar-refractivity contribution in [2.45, 2.75) is 45.8 Å². The molecule has 1 N–H and O–H groups in total. The lowest BCUT2D eigenvalue weighted by Gasteiger charge is -2.23. The van der Waals surface area contributed by atoms with Gasteiger partial charge in [-0.15, -0.1) is 0 Å². The molecule has 0 atom stereocenters. The van der Waals surface area contributed by atoms with E-state index >= 15 is 0 Å². The van der Waals surface area contributed by atoms with E-state index in [0.717, 1.165) is 13.1 Å². The van der Waals surface area contributed by atoms with Gasteiger partial charge in [0.15, 0.2) is 0 Å². The van der Waals surface area contributed by atoms with Gasteiger partial charge < -0.3 is 10.1 Å². The van der Waals surface area contributed by atoms with Crippen molar-refractivity contribution in [1.82, 2.24) is 5.32 Å². The summed E-state index contributed by atoms with van der Waals surface area (Å²) in [6, 6.07) is 8.69. The van der Waals surface area contributed by atoms with E-state index in [-0.39, 0.29) is 0 Å². The van der Waals surface area contributed by atoms with Gasteiger partial charge in [-0.25, -0.2) is 0 Å². The Bertz CT molecular complexity index is 352. The third-order valence-electron chi connectivity index (χ3n) is 4.03. The molecule has 0 amide bonds. The third-order valence-corrected chi connectivity index (χ3v) is 4.03. The van der Waals surface area contributed by atoms with Crippen LogP contribution in [0, 0.1) is 5.41 Å². The highest BCUT2D eigenvalue weighted by Crippen LogP contribution is 2.36. The standard InChI is InChI=1S/C16H25NO/c1-16(9-3-4-10-16)13-17-11-14-5-7-15(8-6-14)12-18-2/h5-8,17H,3-4,9-13H2,1-2H3. The largest absolute Gasteiger partial charge is 0.380 e. The van der Waals surface area contributed by atoms with Gasteiger partial charge in [0.05, 0.1) is 6.61 Å². The van der Waals surface area contributed by atoms with Crippen LogP contribution >= 0.6 is 0 Å². The van der Waals surface area contributed by atoms with Crippen LogP contribution in [0.3, 0.4) is 0 Å². The third kappa shape index (κ3) is 3.82. The predicted octanol–water partition coefficient (Wildman–Crippen LogP) is 3.50. The summed E-state index contributed by atoms with van der Waals surface area (Å²) in [4.78, 5) is 0. The maximum atomic E-state index is 5.11. The molecule has 0 aromatic heterocycles. The molecule has 18 heavy (non-hydrogen) atoms. The summed E-state index contributed by atoms with van der Waals surface area (Å²) in [6.07, 6.45) is 5.58. The highest BCUT2D eigenvalue weighted by atomic mass is 16.5. The number of hydrogen-bond donors (Lipinski definition) is 1. The van der Waals surface area contributed by atoms with Crippen LogP contribution in [0.25, 0.3) is 0 Å². The minimum atomic E-state index is 0.538. The van der Waals surface area contributed by atoms with Crippen molar-refractivity contribution >= 4 is 0 Å². The lowest BCUT2D eigenvalue weighted by molar-refractivity contribution is 0.185. The molecule has 0 unspecified atom stereocenters. The topological polar surface area (TPSA) is 21.3 Å². The summed E-state index contributed by atoms with van der Waals surface area (Å²) >= 11 is 0. The van der Waals surface area contributed by atoms with Crippen molar-refractivity contribution < 1.29 is 4.74 Å². The number of nitrogens with one attached hydrogen (secondary N) is 1. The molecular weight excluding hydrogens is 222 g/mol. The molecule has 1 aliphatic carbocycles. The molecule has 2 rings (SSSR count). The van der Waals surface area contributed by atoms with Gasteiger partial charge in [0.1, 0.15) is 0 Å². The van der Waals surface area contributed by atoms with Crippen LogP contribution < -0.4 is 5.32 Å². The van der Waals surface area contributed by atoms with E-state index in [1.165, 1.54) is 36.8 Å². The van der Waals surface area contributed by atoms with Crippen LogP contribution in [0.4, 0.5) is 0 Å². The number of rotatable bonds is 6. The first-order valence-corrected chi connectivity index (χ1v) is 6.99. The van der Waals surface area contributed by atoms with E-state index in [2.05, 4.69) is 36.5 Å². The molecule has 0 saturated heterocycles. The van der Waals surface area contributed by atoms with Gasteiger partial charge in [0.25, 0.3) is 0 Å². The van der Waals surface area contributed by atoms with Gasteiger partial charge in [-0.05, 0) is 29.4 Å². The second kappa shape index (κ2) is 6.35. The Morgan fingerprint density at radius 1 is 1.11 bits per heavy atom. The Kier molecular flexibility index (Phi) is 4.79. The van der Waals surface area contributed by atoms with Crippen LogP contribution in [0.5, 0.6) is 0 Å². The summed E-state index contributed by atoms with van der Waals surface area (Å²) in [5, 5.41) is 3.60. The molecule has 0 bridgehead atoms. The molecule has 2 heteroatoms. The first kappa shape index (κ1) is 13.6. The van der Waals surface area contributed by atoms with Gasteiger partial charge in [-0.1, -0.05) is 44.0 Å². The zero-order valence-corrected chi connectivity index (χ0v) is 11.7. The normalized spacial score (nSPS) is 18.1. The number of ether oxygens (including phenoxy) is 1. The van der Waals surface area contributed by atoms with Gasteiger partial charge >= 0.3 is 0 Å². The van der Waals surface area contributed by atoms with Crippen LogP contribution in [0.2, 0.25) is 0 Å². The molecule has 1 saturated carbocycles. The summed E-state index contributed by atoms with van der Waals surface area (Å²) in [7, 11) is 1.73. The molecule has 1 aromatic carbocycles. The first-order chi connectivity index (χ1) is 8.72. The Morgan fingerprint density at radius 2 is 1.72 bits per heavy atom. The molecule has 100 valence electrons. The Labute approximate surface area is 111 Å². The predicted molar refractivity (Wildman–Crippen MR) is 75.4 cm³/mol. The fourth-order valence-corrected chi connectivity index (χ4v) is 2.83. The molecule has 1 fully saturated rings. The second-order valence-electron chi connectivity index (χ2n) is 5.87. The molecule has 0 heterocycles. The summed E-state index contributed by atoms with van der Waals surface area (Å²) in [5.74, 6) is 0. The zero-order valence-electron chi connectivity index (χ0n) is 11.7. The monoisotopic (exact) mass is 247 g/mol. The quantitative estimate of drug-likeness (QED) is 0.830. The van der Waals surface area contributed by atoms with Gasteiger partial charge in [-0.3, -0.25) is 0 Å². The molecule has 0 spiro atoms. The molecule has 0 radical (unpaired) electrons. The average molecular weight is 247 g/mol. The van der Waals surface area contributed by atoms with Crippen molar-refractivity contribution in [3.63, 3.8) is 0 Å². The van der Waals surface area contributed by atoms with Gasteiger partial charge in [-0.2, -0.15) is 0 Å². The number of methoxy groups -OCH3 is 1. The summed E-state index contributed by atoms with van der Waals surface area (Å²) < 4.78 is 5.11. The summed E-state index contributed by atoms with van der Waals surface area (Å²) in [6.45, 7) is 5.23. The van der Waals surface area contributed by atoms with Crippen molar-refractivity contribution in [2.75, 3.05) is 13.7 Å². The fourth-order valence-electron chi connectivity index (χ4n) is 2.83. The van der Waals surface area contributed by atoms with Crippen LogP contribution in [-0.2, 0) is 17.9 Å². The minimum absolute atomic E-state index is 0.538. The summed E-state index contributed by atoms with van der Waals surface area (Å²) in [5.41, 5.74) is 3.14. The second-order valence-corrected chi connectivity index (χ2v) is 5.87. The molecular formula is C16H25NO. The number of hydrogen-bond acceptors (Lipinski definition) is 2. The van der Waals surface area contributed by atoms with Crippen molar-refractivity contribution in [1.29, 1.82) is 0 Å². The van der Waals surface area contributed by atoms with E-state index in [1.54, 1.807) is 7.11 Å². The molecule has 1 aromatic rings. The van der Waals surface area contributed by atoms with E-state index in [4.69, 9.17) is 4.74 Å². The average Bonchev–Trinajstić information content (AvgIpc) is 2.79. The van der Waals surface area contributed by atoms with E-state index < -0.39 is 0 Å². The van der Waals surface area contributed by atoms with Crippen molar-refractivity contribution in [3.8, 4) is 0 Å². The Balaban J connectivity index is 1.76. The number of benzene rings is 1.